The SMILES string of the molecule is CCCCN1CC(C(=O)NC(CC2=CN(S(=O)(=O)c3ccccc3S(C)(=O)=O)CCN2)Cc2cc(C)cc(F)c2)CC1=O. The number of rotatable bonds is 12. The molecular weight excluding hydrogens is 595 g/mol. The molecule has 2 unspecified atom stereocenters. The van der Waals surface area contributed by atoms with Gasteiger partial charge in [-0.15, -0.1) is 0 Å². The number of sulfone groups is 1. The molecule has 2 aromatic rings. The molecule has 2 atom stereocenters. The van der Waals surface area contributed by atoms with Crippen LogP contribution in [0.15, 0.2) is 64.2 Å². The Balaban J connectivity index is 1.58. The van der Waals surface area contributed by atoms with Gasteiger partial charge in [0.1, 0.15) is 10.7 Å². The number of carbonyl (C=O) groups is 2. The predicted molar refractivity (Wildman–Crippen MR) is 161 cm³/mol. The van der Waals surface area contributed by atoms with E-state index in [1.54, 1.807) is 11.8 Å². The minimum absolute atomic E-state index is 0.0576. The highest BCUT2D eigenvalue weighted by Crippen LogP contribution is 2.26. The van der Waals surface area contributed by atoms with E-state index in [-0.39, 0.29) is 54.0 Å². The van der Waals surface area contributed by atoms with Crippen LogP contribution in [0.5, 0.6) is 0 Å². The summed E-state index contributed by atoms with van der Waals surface area (Å²) in [5.41, 5.74) is 1.90. The van der Waals surface area contributed by atoms with Crippen LogP contribution in [0.25, 0.3) is 0 Å². The number of carbonyl (C=O) groups excluding carboxylic acids is 2. The summed E-state index contributed by atoms with van der Waals surface area (Å²) in [6, 6.07) is 9.57. The van der Waals surface area contributed by atoms with Crippen LogP contribution in [0.4, 0.5) is 4.39 Å². The molecule has 0 aromatic heterocycles. The molecule has 2 heterocycles. The van der Waals surface area contributed by atoms with Crippen molar-refractivity contribution in [2.75, 3.05) is 32.4 Å². The van der Waals surface area contributed by atoms with Crippen molar-refractivity contribution in [3.05, 3.63) is 71.3 Å². The molecule has 2 amide bonds. The van der Waals surface area contributed by atoms with Crippen LogP contribution < -0.4 is 10.6 Å². The first-order valence-corrected chi connectivity index (χ1v) is 17.7. The molecule has 0 aliphatic carbocycles. The summed E-state index contributed by atoms with van der Waals surface area (Å²) >= 11 is 0. The summed E-state index contributed by atoms with van der Waals surface area (Å²) in [5, 5.41) is 6.22. The van der Waals surface area contributed by atoms with Crippen molar-refractivity contribution in [2.24, 2.45) is 5.92 Å². The number of amides is 2. The van der Waals surface area contributed by atoms with E-state index < -0.39 is 37.6 Å². The fourth-order valence-electron chi connectivity index (χ4n) is 5.51. The molecule has 0 radical (unpaired) electrons. The summed E-state index contributed by atoms with van der Waals surface area (Å²) in [6.07, 6.45) is 4.75. The molecule has 2 aliphatic heterocycles. The quantitative estimate of drug-likeness (QED) is 0.367. The maximum Gasteiger partial charge on any atom is 0.265 e. The standard InChI is InChI=1S/C30H39FN4O6S2/c1-4-5-11-34-19-23(17-29(34)36)30(37)33-25(16-22-13-21(2)14-24(31)15-22)18-26-20-35(12-10-32-26)43(40,41)28-9-7-6-8-27(28)42(3,38)39/h6-9,13-15,20,23,25,32H,4-5,10-12,16-19H2,1-3H3,(H,33,37). The van der Waals surface area contributed by atoms with E-state index in [0.717, 1.165) is 29.0 Å². The second kappa shape index (κ2) is 13.5. The summed E-state index contributed by atoms with van der Waals surface area (Å²) < 4.78 is 67.1. The number of hydrogen-bond acceptors (Lipinski definition) is 7. The third kappa shape index (κ3) is 8.14. The van der Waals surface area contributed by atoms with Gasteiger partial charge in [-0.05, 0) is 55.2 Å². The second-order valence-electron chi connectivity index (χ2n) is 11.3. The van der Waals surface area contributed by atoms with Crippen LogP contribution >= 0.6 is 0 Å². The van der Waals surface area contributed by atoms with E-state index in [9.17, 15) is 30.8 Å². The molecule has 0 saturated carbocycles. The number of likely N-dealkylation sites (tertiary alicyclic amines) is 1. The van der Waals surface area contributed by atoms with Crippen molar-refractivity contribution >= 4 is 31.7 Å². The lowest BCUT2D eigenvalue weighted by Gasteiger charge is -2.30. The van der Waals surface area contributed by atoms with Crippen LogP contribution in [0, 0.1) is 18.7 Å². The van der Waals surface area contributed by atoms with E-state index in [1.165, 1.54) is 42.6 Å². The first-order valence-electron chi connectivity index (χ1n) is 14.4. The first-order chi connectivity index (χ1) is 20.3. The van der Waals surface area contributed by atoms with E-state index in [0.29, 0.717) is 24.4 Å². The molecule has 43 heavy (non-hydrogen) atoms. The lowest BCUT2D eigenvalue weighted by atomic mass is 9.98. The van der Waals surface area contributed by atoms with Gasteiger partial charge in [-0.3, -0.25) is 13.9 Å². The Bertz CT molecular complexity index is 1590. The number of halogens is 1. The van der Waals surface area contributed by atoms with E-state index in [1.807, 2.05) is 13.0 Å². The Kier molecular flexibility index (Phi) is 10.2. The number of sulfonamides is 1. The van der Waals surface area contributed by atoms with Crippen LogP contribution in [-0.4, -0.2) is 76.3 Å². The van der Waals surface area contributed by atoms with Crippen molar-refractivity contribution in [1.82, 2.24) is 19.8 Å². The number of nitrogens with one attached hydrogen (secondary N) is 2. The predicted octanol–water partition coefficient (Wildman–Crippen LogP) is 2.74. The largest absolute Gasteiger partial charge is 0.385 e. The van der Waals surface area contributed by atoms with E-state index in [2.05, 4.69) is 10.6 Å². The zero-order valence-corrected chi connectivity index (χ0v) is 26.3. The zero-order valence-electron chi connectivity index (χ0n) is 24.7. The molecular formula is C30H39FN4O6S2. The first kappa shape index (κ1) is 32.5. The van der Waals surface area contributed by atoms with Crippen LogP contribution in [0.2, 0.25) is 0 Å². The lowest BCUT2D eigenvalue weighted by molar-refractivity contribution is -0.129. The molecule has 13 heteroatoms. The number of aryl methyl sites for hydroxylation is 1. The molecule has 2 aromatic carbocycles. The van der Waals surface area contributed by atoms with Crippen molar-refractivity contribution in [3.8, 4) is 0 Å². The van der Waals surface area contributed by atoms with Gasteiger partial charge in [0.05, 0.1) is 17.4 Å². The fraction of sp³-hybridized carbons (Fsp3) is 0.467. The highest BCUT2D eigenvalue weighted by Gasteiger charge is 2.35. The third-order valence-electron chi connectivity index (χ3n) is 7.58. The van der Waals surface area contributed by atoms with Gasteiger partial charge < -0.3 is 15.5 Å². The molecule has 234 valence electrons. The summed E-state index contributed by atoms with van der Waals surface area (Å²) in [4.78, 5) is 27.0. The molecule has 2 aliphatic rings. The molecule has 0 bridgehead atoms. The third-order valence-corrected chi connectivity index (χ3v) is 10.7. The van der Waals surface area contributed by atoms with Gasteiger partial charge in [-0.1, -0.05) is 31.5 Å². The van der Waals surface area contributed by atoms with Crippen molar-refractivity contribution in [2.45, 2.75) is 61.8 Å². The van der Waals surface area contributed by atoms with Gasteiger partial charge in [-0.2, -0.15) is 0 Å². The van der Waals surface area contributed by atoms with Gasteiger partial charge in [-0.25, -0.2) is 21.2 Å². The average Bonchev–Trinajstić information content (AvgIpc) is 3.31. The van der Waals surface area contributed by atoms with Crippen molar-refractivity contribution < 1.29 is 30.8 Å². The van der Waals surface area contributed by atoms with Gasteiger partial charge in [0.2, 0.25) is 11.8 Å². The lowest BCUT2D eigenvalue weighted by Crippen LogP contribution is -2.44. The summed E-state index contributed by atoms with van der Waals surface area (Å²) in [5.74, 6) is -1.25. The molecule has 0 spiro atoms. The summed E-state index contributed by atoms with van der Waals surface area (Å²) in [6.45, 7) is 5.08. The minimum atomic E-state index is -4.21. The number of benzene rings is 2. The van der Waals surface area contributed by atoms with Gasteiger partial charge in [0.15, 0.2) is 9.84 Å². The Morgan fingerprint density at radius 1 is 1.12 bits per heavy atom. The molecule has 1 saturated heterocycles. The van der Waals surface area contributed by atoms with Crippen LogP contribution in [0.1, 0.15) is 43.7 Å². The van der Waals surface area contributed by atoms with Gasteiger partial charge in [0.25, 0.3) is 10.0 Å². The molecule has 1 fully saturated rings. The van der Waals surface area contributed by atoms with Gasteiger partial charge >= 0.3 is 0 Å². The monoisotopic (exact) mass is 634 g/mol. The highest BCUT2D eigenvalue weighted by molar-refractivity contribution is 7.93. The molecule has 2 N–H and O–H groups in total. The Labute approximate surface area is 253 Å². The Hall–Kier alpha value is -3.45. The van der Waals surface area contributed by atoms with E-state index >= 15 is 0 Å². The second-order valence-corrected chi connectivity index (χ2v) is 15.1. The number of nitrogens with zero attached hydrogens (tertiary/aromatic N) is 2. The maximum atomic E-state index is 14.2. The highest BCUT2D eigenvalue weighted by atomic mass is 32.2. The smallest absolute Gasteiger partial charge is 0.265 e. The minimum Gasteiger partial charge on any atom is -0.385 e. The fourth-order valence-corrected chi connectivity index (χ4v) is 8.46. The Morgan fingerprint density at radius 2 is 1.84 bits per heavy atom. The van der Waals surface area contributed by atoms with Gasteiger partial charge in [0, 0.05) is 56.7 Å². The number of hydrogen-bond donors (Lipinski definition) is 2. The van der Waals surface area contributed by atoms with Crippen LogP contribution in [0.3, 0.4) is 0 Å². The van der Waals surface area contributed by atoms with Crippen molar-refractivity contribution in [1.29, 1.82) is 0 Å². The zero-order chi connectivity index (χ0) is 31.4. The Morgan fingerprint density at radius 3 is 2.51 bits per heavy atom. The molecule has 4 rings (SSSR count). The topological polar surface area (TPSA) is 133 Å². The maximum absolute atomic E-state index is 14.2. The van der Waals surface area contributed by atoms with Crippen molar-refractivity contribution in [3.63, 3.8) is 0 Å². The summed E-state index contributed by atoms with van der Waals surface area (Å²) in [7, 11) is -8.03. The molecule has 10 nitrogen and oxygen atoms in total. The normalized spacial score (nSPS) is 18.3. The average molecular weight is 635 g/mol. The number of unbranched alkanes of at least 4 members (excludes halogenated alkanes) is 1. The van der Waals surface area contributed by atoms with Crippen LogP contribution in [-0.2, 0) is 35.9 Å². The van der Waals surface area contributed by atoms with E-state index in [4.69, 9.17) is 0 Å².